The van der Waals surface area contributed by atoms with Crippen LogP contribution in [-0.4, -0.2) is 27.9 Å². The Morgan fingerprint density at radius 2 is 1.71 bits per heavy atom. The minimum absolute atomic E-state index is 0.147. The molecule has 1 saturated heterocycles. The van der Waals surface area contributed by atoms with E-state index in [0.29, 0.717) is 0 Å². The SMILES string of the molecule is CC(C)(C)[P@](=S)(c1ccncc1)N1CCCC1. The molecule has 2 nitrogen and oxygen atoms in total. The van der Waals surface area contributed by atoms with Crippen LogP contribution in [0.5, 0.6) is 0 Å². The van der Waals surface area contributed by atoms with Crippen LogP contribution < -0.4 is 5.30 Å². The lowest BCUT2D eigenvalue weighted by atomic mass is 10.3. The second-order valence-corrected chi connectivity index (χ2v) is 10.8. The first-order valence-electron chi connectivity index (χ1n) is 6.22. The molecular formula is C13H21N2PS. The highest BCUT2D eigenvalue weighted by Crippen LogP contribution is 2.60. The van der Waals surface area contributed by atoms with Crippen molar-refractivity contribution in [3.8, 4) is 0 Å². The molecule has 0 amide bonds. The van der Waals surface area contributed by atoms with Crippen LogP contribution in [0.25, 0.3) is 0 Å². The lowest BCUT2D eigenvalue weighted by molar-refractivity contribution is 0.545. The van der Waals surface area contributed by atoms with Crippen LogP contribution in [0.15, 0.2) is 24.5 Å². The molecule has 0 spiro atoms. The van der Waals surface area contributed by atoms with Crippen LogP contribution in [0.3, 0.4) is 0 Å². The first kappa shape index (κ1) is 13.2. The van der Waals surface area contributed by atoms with Gasteiger partial charge in [-0.1, -0.05) is 32.6 Å². The summed E-state index contributed by atoms with van der Waals surface area (Å²) in [6.45, 7) is 9.18. The molecule has 1 aromatic rings. The van der Waals surface area contributed by atoms with Crippen LogP contribution in [0.2, 0.25) is 0 Å². The van der Waals surface area contributed by atoms with Gasteiger partial charge >= 0.3 is 0 Å². The van der Waals surface area contributed by atoms with E-state index in [1.165, 1.54) is 18.1 Å². The predicted octanol–water partition coefficient (Wildman–Crippen LogP) is 3.00. The maximum atomic E-state index is 6.17. The van der Waals surface area contributed by atoms with Crippen molar-refractivity contribution in [2.45, 2.75) is 38.8 Å². The van der Waals surface area contributed by atoms with Crippen molar-refractivity contribution >= 4 is 23.3 Å². The minimum atomic E-state index is -1.68. The number of pyridine rings is 1. The Morgan fingerprint density at radius 1 is 1.18 bits per heavy atom. The molecule has 17 heavy (non-hydrogen) atoms. The molecule has 1 fully saturated rings. The fourth-order valence-electron chi connectivity index (χ4n) is 2.50. The molecule has 1 aliphatic heterocycles. The quantitative estimate of drug-likeness (QED) is 0.767. The molecule has 0 saturated carbocycles. The van der Waals surface area contributed by atoms with Crippen LogP contribution in [0.1, 0.15) is 33.6 Å². The molecule has 0 N–H and O–H groups in total. The van der Waals surface area contributed by atoms with Crippen molar-refractivity contribution < 1.29 is 0 Å². The molecule has 94 valence electrons. The molecule has 0 aliphatic carbocycles. The van der Waals surface area contributed by atoms with Crippen molar-refractivity contribution in [3.05, 3.63) is 24.5 Å². The molecule has 1 aliphatic rings. The lowest BCUT2D eigenvalue weighted by Crippen LogP contribution is -2.34. The largest absolute Gasteiger partial charge is 0.271 e. The van der Waals surface area contributed by atoms with E-state index >= 15 is 0 Å². The van der Waals surface area contributed by atoms with Gasteiger partial charge in [0.25, 0.3) is 0 Å². The van der Waals surface area contributed by atoms with Gasteiger partial charge in [0.05, 0.1) is 0 Å². The smallest absolute Gasteiger partial charge is 0.0481 e. The van der Waals surface area contributed by atoms with Crippen molar-refractivity contribution in [2.75, 3.05) is 13.1 Å². The van der Waals surface area contributed by atoms with Crippen LogP contribution in [-0.2, 0) is 11.8 Å². The van der Waals surface area contributed by atoms with Crippen LogP contribution >= 0.6 is 6.19 Å². The molecule has 0 radical (unpaired) electrons. The zero-order valence-electron chi connectivity index (χ0n) is 10.9. The molecule has 2 heterocycles. The molecular weight excluding hydrogens is 247 g/mol. The summed E-state index contributed by atoms with van der Waals surface area (Å²) in [5.74, 6) is 0. The summed E-state index contributed by atoms with van der Waals surface area (Å²) in [5, 5.41) is 1.46. The van der Waals surface area contributed by atoms with E-state index in [-0.39, 0.29) is 5.16 Å². The summed E-state index contributed by atoms with van der Waals surface area (Å²) in [7, 11) is 0. The van der Waals surface area contributed by atoms with Gasteiger partial charge in [0, 0.05) is 42.1 Å². The Hall–Kier alpha value is -0.240. The molecule has 0 bridgehead atoms. The average Bonchev–Trinajstić information content (AvgIpc) is 2.81. The van der Waals surface area contributed by atoms with Crippen molar-refractivity contribution in [3.63, 3.8) is 0 Å². The molecule has 2 rings (SSSR count). The average molecular weight is 268 g/mol. The third-order valence-corrected chi connectivity index (χ3v) is 10.4. The van der Waals surface area contributed by atoms with E-state index in [0.717, 1.165) is 13.1 Å². The summed E-state index contributed by atoms with van der Waals surface area (Å²) < 4.78 is 2.57. The van der Waals surface area contributed by atoms with E-state index in [2.05, 4.69) is 42.6 Å². The van der Waals surface area contributed by atoms with E-state index in [1.54, 1.807) is 0 Å². The Morgan fingerprint density at radius 3 is 2.18 bits per heavy atom. The lowest BCUT2D eigenvalue weighted by Gasteiger charge is -2.42. The molecule has 1 aromatic heterocycles. The van der Waals surface area contributed by atoms with E-state index < -0.39 is 6.19 Å². The first-order chi connectivity index (χ1) is 7.96. The van der Waals surface area contributed by atoms with Gasteiger partial charge in [-0.2, -0.15) is 0 Å². The zero-order valence-corrected chi connectivity index (χ0v) is 12.6. The topological polar surface area (TPSA) is 16.1 Å². The zero-order chi connectivity index (χ0) is 12.5. The van der Waals surface area contributed by atoms with Gasteiger partial charge in [-0.25, -0.2) is 0 Å². The first-order valence-corrected chi connectivity index (χ1v) is 8.98. The monoisotopic (exact) mass is 268 g/mol. The summed E-state index contributed by atoms with van der Waals surface area (Å²) >= 11 is 6.17. The van der Waals surface area contributed by atoms with E-state index in [1.807, 2.05) is 12.4 Å². The highest BCUT2D eigenvalue weighted by atomic mass is 32.4. The Bertz CT molecular complexity index is 419. The maximum Gasteiger partial charge on any atom is 0.0481 e. The third kappa shape index (κ3) is 2.33. The van der Waals surface area contributed by atoms with Crippen molar-refractivity contribution in [1.29, 1.82) is 0 Å². The Balaban J connectivity index is 2.48. The number of hydrogen-bond acceptors (Lipinski definition) is 2. The molecule has 4 heteroatoms. The standard InChI is InChI=1S/C13H21N2PS/c1-13(2,3)16(17,15-10-4-5-11-15)12-6-8-14-9-7-12/h6-9H,4-5,10-11H2,1-3H3/t16-/m1/s1. The molecule has 0 unspecified atom stereocenters. The van der Waals surface area contributed by atoms with Gasteiger partial charge in [0.1, 0.15) is 0 Å². The number of hydrogen-bond donors (Lipinski definition) is 0. The second kappa shape index (κ2) is 4.79. The van der Waals surface area contributed by atoms with Crippen LogP contribution in [0, 0.1) is 0 Å². The third-order valence-electron chi connectivity index (χ3n) is 3.40. The number of aromatic nitrogens is 1. The van der Waals surface area contributed by atoms with Gasteiger partial charge in [-0.3, -0.25) is 9.65 Å². The Labute approximate surface area is 110 Å². The van der Waals surface area contributed by atoms with Crippen LogP contribution in [0.4, 0.5) is 0 Å². The summed E-state index contributed by atoms with van der Waals surface area (Å²) in [4.78, 5) is 4.12. The highest BCUT2D eigenvalue weighted by molar-refractivity contribution is 8.17. The van der Waals surface area contributed by atoms with Gasteiger partial charge in [0.2, 0.25) is 0 Å². The van der Waals surface area contributed by atoms with Gasteiger partial charge in [0.15, 0.2) is 0 Å². The van der Waals surface area contributed by atoms with Crippen molar-refractivity contribution in [2.24, 2.45) is 0 Å². The summed E-state index contributed by atoms with van der Waals surface area (Å²) in [6, 6.07) is 4.23. The fourth-order valence-corrected chi connectivity index (χ4v) is 6.69. The van der Waals surface area contributed by atoms with E-state index in [4.69, 9.17) is 11.8 Å². The predicted molar refractivity (Wildman–Crippen MR) is 78.7 cm³/mol. The molecule has 1 atom stereocenters. The Kier molecular flexibility index (Phi) is 3.72. The number of nitrogens with zero attached hydrogens (tertiary/aromatic N) is 2. The minimum Gasteiger partial charge on any atom is -0.271 e. The van der Waals surface area contributed by atoms with Gasteiger partial charge in [-0.05, 0) is 25.0 Å². The second-order valence-electron chi connectivity index (χ2n) is 5.61. The van der Waals surface area contributed by atoms with Crippen molar-refractivity contribution in [1.82, 2.24) is 9.65 Å². The fraction of sp³-hybridized carbons (Fsp3) is 0.615. The summed E-state index contributed by atoms with van der Waals surface area (Å²) in [6.07, 6.45) is 4.65. The maximum absolute atomic E-state index is 6.17. The van der Waals surface area contributed by atoms with Gasteiger partial charge < -0.3 is 0 Å². The number of rotatable bonds is 2. The van der Waals surface area contributed by atoms with Gasteiger partial charge in [-0.15, -0.1) is 0 Å². The summed E-state index contributed by atoms with van der Waals surface area (Å²) in [5.41, 5.74) is 0. The van der Waals surface area contributed by atoms with E-state index in [9.17, 15) is 0 Å². The highest BCUT2D eigenvalue weighted by Gasteiger charge is 2.39. The normalized spacial score (nSPS) is 21.4. The molecule has 0 aromatic carbocycles.